The molecule has 1 atom stereocenters. The van der Waals surface area contributed by atoms with Gasteiger partial charge in [-0.2, -0.15) is 0 Å². The van der Waals surface area contributed by atoms with Crippen molar-refractivity contribution < 1.29 is 4.39 Å². The van der Waals surface area contributed by atoms with Crippen molar-refractivity contribution in [1.82, 2.24) is 0 Å². The van der Waals surface area contributed by atoms with Gasteiger partial charge in [0.1, 0.15) is 5.67 Å². The van der Waals surface area contributed by atoms with E-state index in [1.807, 2.05) is 0 Å². The lowest BCUT2D eigenvalue weighted by Gasteiger charge is -2.36. The Morgan fingerprint density at radius 3 is 2.28 bits per heavy atom. The first-order valence-corrected chi connectivity index (χ1v) is 6.82. The second kappa shape index (κ2) is 4.56. The molecule has 1 aromatic carbocycles. The van der Waals surface area contributed by atoms with Gasteiger partial charge in [0, 0.05) is 12.2 Å². The molecule has 1 heterocycles. The van der Waals surface area contributed by atoms with Gasteiger partial charge >= 0.3 is 0 Å². The first-order valence-electron chi connectivity index (χ1n) is 6.82. The SMILES string of the molecule is CC1(F)CCCN(c2ccc(C(C)(C)C)cc2)C1. The van der Waals surface area contributed by atoms with Crippen molar-refractivity contribution in [2.75, 3.05) is 18.0 Å². The smallest absolute Gasteiger partial charge is 0.125 e. The van der Waals surface area contributed by atoms with E-state index >= 15 is 0 Å². The summed E-state index contributed by atoms with van der Waals surface area (Å²) in [6, 6.07) is 8.59. The van der Waals surface area contributed by atoms with Gasteiger partial charge < -0.3 is 4.90 Å². The summed E-state index contributed by atoms with van der Waals surface area (Å²) in [6.07, 6.45) is 1.62. The Bertz CT molecular complexity index is 400. The van der Waals surface area contributed by atoms with Crippen molar-refractivity contribution in [3.63, 3.8) is 0 Å². The van der Waals surface area contributed by atoms with Crippen LogP contribution in [0.2, 0.25) is 0 Å². The summed E-state index contributed by atoms with van der Waals surface area (Å²) in [6.45, 7) is 9.82. The number of rotatable bonds is 1. The molecule has 0 aromatic heterocycles. The topological polar surface area (TPSA) is 3.24 Å². The van der Waals surface area contributed by atoms with Gasteiger partial charge in [0.25, 0.3) is 0 Å². The van der Waals surface area contributed by atoms with Crippen molar-refractivity contribution in [3.8, 4) is 0 Å². The lowest BCUT2D eigenvalue weighted by molar-refractivity contribution is 0.160. The highest BCUT2D eigenvalue weighted by Crippen LogP contribution is 2.30. The molecular formula is C16H24FN. The predicted octanol–water partition coefficient (Wildman–Crippen LogP) is 4.31. The van der Waals surface area contributed by atoms with E-state index in [4.69, 9.17) is 0 Å². The Morgan fingerprint density at radius 1 is 1.17 bits per heavy atom. The second-order valence-corrected chi connectivity index (χ2v) is 6.74. The van der Waals surface area contributed by atoms with Crippen LogP contribution >= 0.6 is 0 Å². The molecule has 0 amide bonds. The van der Waals surface area contributed by atoms with Gasteiger partial charge in [-0.1, -0.05) is 32.9 Å². The minimum absolute atomic E-state index is 0.176. The standard InChI is InChI=1S/C16H24FN/c1-15(2,3)13-6-8-14(9-7-13)18-11-5-10-16(4,17)12-18/h6-9H,5,10-12H2,1-4H3. The number of hydrogen-bond donors (Lipinski definition) is 0. The summed E-state index contributed by atoms with van der Waals surface area (Å²) in [5, 5.41) is 0. The molecule has 100 valence electrons. The third-order valence-corrected chi connectivity index (χ3v) is 3.75. The molecule has 1 aliphatic heterocycles. The lowest BCUT2D eigenvalue weighted by atomic mass is 9.87. The molecule has 1 nitrogen and oxygen atoms in total. The second-order valence-electron chi connectivity index (χ2n) is 6.74. The van der Waals surface area contributed by atoms with Gasteiger partial charge in [-0.15, -0.1) is 0 Å². The molecule has 0 aliphatic carbocycles. The van der Waals surface area contributed by atoms with E-state index in [0.717, 1.165) is 18.7 Å². The van der Waals surface area contributed by atoms with Crippen molar-refractivity contribution in [2.24, 2.45) is 0 Å². The van der Waals surface area contributed by atoms with Crippen LogP contribution in [-0.4, -0.2) is 18.8 Å². The van der Waals surface area contributed by atoms with Crippen LogP contribution in [-0.2, 0) is 5.41 Å². The van der Waals surface area contributed by atoms with E-state index in [1.54, 1.807) is 6.92 Å². The normalized spacial score (nSPS) is 25.3. The fraction of sp³-hybridized carbons (Fsp3) is 0.625. The maximum absolute atomic E-state index is 14.0. The lowest BCUT2D eigenvalue weighted by Crippen LogP contribution is -2.43. The van der Waals surface area contributed by atoms with Crippen LogP contribution in [0, 0.1) is 0 Å². The first-order chi connectivity index (χ1) is 8.28. The number of nitrogens with zero attached hydrogens (tertiary/aromatic N) is 1. The summed E-state index contributed by atoms with van der Waals surface area (Å²) in [5.74, 6) is 0. The molecule has 1 aromatic rings. The molecule has 1 saturated heterocycles. The van der Waals surface area contributed by atoms with Crippen molar-refractivity contribution in [3.05, 3.63) is 29.8 Å². The maximum Gasteiger partial charge on any atom is 0.125 e. The van der Waals surface area contributed by atoms with Gasteiger partial charge in [0.15, 0.2) is 0 Å². The monoisotopic (exact) mass is 249 g/mol. The Hall–Kier alpha value is -1.05. The van der Waals surface area contributed by atoms with Gasteiger partial charge in [0.05, 0.1) is 6.54 Å². The maximum atomic E-state index is 14.0. The van der Waals surface area contributed by atoms with Crippen molar-refractivity contribution >= 4 is 5.69 Å². The number of alkyl halides is 1. The largest absolute Gasteiger partial charge is 0.368 e. The molecular weight excluding hydrogens is 225 g/mol. The zero-order chi connectivity index (χ0) is 13.4. The number of halogens is 1. The highest BCUT2D eigenvalue weighted by atomic mass is 19.1. The van der Waals surface area contributed by atoms with Crippen molar-refractivity contribution in [2.45, 2.75) is 51.6 Å². The van der Waals surface area contributed by atoms with Crippen LogP contribution in [0.25, 0.3) is 0 Å². The van der Waals surface area contributed by atoms with E-state index in [-0.39, 0.29) is 5.41 Å². The minimum Gasteiger partial charge on any atom is -0.368 e. The molecule has 0 spiro atoms. The molecule has 2 heteroatoms. The fourth-order valence-electron chi connectivity index (χ4n) is 2.59. The average Bonchev–Trinajstić information content (AvgIpc) is 2.27. The summed E-state index contributed by atoms with van der Waals surface area (Å²) in [5.41, 5.74) is 1.61. The Kier molecular flexibility index (Phi) is 3.39. The third-order valence-electron chi connectivity index (χ3n) is 3.75. The van der Waals surface area contributed by atoms with E-state index in [2.05, 4.69) is 49.9 Å². The van der Waals surface area contributed by atoms with Gasteiger partial charge in [0.2, 0.25) is 0 Å². The van der Waals surface area contributed by atoms with E-state index in [1.165, 1.54) is 5.56 Å². The van der Waals surface area contributed by atoms with Crippen LogP contribution in [0.15, 0.2) is 24.3 Å². The average molecular weight is 249 g/mol. The third kappa shape index (κ3) is 3.04. The van der Waals surface area contributed by atoms with Crippen LogP contribution in [0.1, 0.15) is 46.1 Å². The highest BCUT2D eigenvalue weighted by molar-refractivity contribution is 5.49. The number of anilines is 1. The Morgan fingerprint density at radius 2 is 1.78 bits per heavy atom. The molecule has 1 unspecified atom stereocenters. The number of piperidine rings is 1. The zero-order valence-corrected chi connectivity index (χ0v) is 12.0. The zero-order valence-electron chi connectivity index (χ0n) is 12.0. The highest BCUT2D eigenvalue weighted by Gasteiger charge is 2.30. The summed E-state index contributed by atoms with van der Waals surface area (Å²) in [4.78, 5) is 2.16. The van der Waals surface area contributed by atoms with Crippen LogP contribution in [0.3, 0.4) is 0 Å². The van der Waals surface area contributed by atoms with Crippen LogP contribution in [0.5, 0.6) is 0 Å². The van der Waals surface area contributed by atoms with E-state index in [9.17, 15) is 4.39 Å². The molecule has 18 heavy (non-hydrogen) atoms. The number of benzene rings is 1. The molecule has 1 aliphatic rings. The predicted molar refractivity (Wildman–Crippen MR) is 76.1 cm³/mol. The molecule has 0 N–H and O–H groups in total. The Labute approximate surface area is 110 Å². The molecule has 1 fully saturated rings. The molecule has 0 saturated carbocycles. The summed E-state index contributed by atoms with van der Waals surface area (Å²) < 4.78 is 14.0. The van der Waals surface area contributed by atoms with E-state index in [0.29, 0.717) is 13.0 Å². The fourth-order valence-corrected chi connectivity index (χ4v) is 2.59. The number of hydrogen-bond acceptors (Lipinski definition) is 1. The molecule has 0 bridgehead atoms. The van der Waals surface area contributed by atoms with Gasteiger partial charge in [-0.3, -0.25) is 0 Å². The minimum atomic E-state index is -1.04. The quantitative estimate of drug-likeness (QED) is 0.716. The summed E-state index contributed by atoms with van der Waals surface area (Å²) >= 11 is 0. The van der Waals surface area contributed by atoms with Gasteiger partial charge in [-0.05, 0) is 42.9 Å². The van der Waals surface area contributed by atoms with E-state index < -0.39 is 5.67 Å². The van der Waals surface area contributed by atoms with Crippen molar-refractivity contribution in [1.29, 1.82) is 0 Å². The molecule has 2 rings (SSSR count). The molecule has 0 radical (unpaired) electrons. The Balaban J connectivity index is 2.15. The van der Waals surface area contributed by atoms with Gasteiger partial charge in [-0.25, -0.2) is 4.39 Å². The van der Waals surface area contributed by atoms with Crippen LogP contribution in [0.4, 0.5) is 10.1 Å². The van der Waals surface area contributed by atoms with Crippen LogP contribution < -0.4 is 4.90 Å². The summed E-state index contributed by atoms with van der Waals surface area (Å²) in [7, 11) is 0. The first kappa shape index (κ1) is 13.4.